The predicted octanol–water partition coefficient (Wildman–Crippen LogP) is 4.43. The molecular formula is C20H21BrN2O3S. The molecule has 5 nitrogen and oxygen atoms in total. The van der Waals surface area contributed by atoms with Gasteiger partial charge in [-0.1, -0.05) is 18.2 Å². The van der Waals surface area contributed by atoms with Crippen molar-refractivity contribution < 1.29 is 14.3 Å². The van der Waals surface area contributed by atoms with Crippen LogP contribution in [0.15, 0.2) is 40.2 Å². The Morgan fingerprint density at radius 2 is 2.26 bits per heavy atom. The minimum Gasteiger partial charge on any atom is -0.496 e. The first kappa shape index (κ1) is 18.5. The lowest BCUT2D eigenvalue weighted by Gasteiger charge is -2.14. The molecule has 1 aromatic carbocycles. The van der Waals surface area contributed by atoms with Crippen LogP contribution in [0.3, 0.4) is 0 Å². The summed E-state index contributed by atoms with van der Waals surface area (Å²) in [5.41, 5.74) is 2.74. The van der Waals surface area contributed by atoms with Gasteiger partial charge in [-0.3, -0.25) is 4.79 Å². The van der Waals surface area contributed by atoms with Crippen molar-refractivity contribution >= 4 is 43.4 Å². The number of carbonyl (C=O) groups excluding carboxylic acids is 1. The van der Waals surface area contributed by atoms with Crippen LogP contribution in [0.4, 0.5) is 0 Å². The number of carbonyl (C=O) groups is 1. The minimum absolute atomic E-state index is 0.0695. The number of thiophene rings is 1. The van der Waals surface area contributed by atoms with Gasteiger partial charge in [-0.25, -0.2) is 0 Å². The summed E-state index contributed by atoms with van der Waals surface area (Å²) in [7, 11) is 1.67. The molecule has 0 bridgehead atoms. The van der Waals surface area contributed by atoms with Gasteiger partial charge in [0.2, 0.25) is 0 Å². The highest BCUT2D eigenvalue weighted by molar-refractivity contribution is 9.11. The molecule has 1 atom stereocenters. The van der Waals surface area contributed by atoms with E-state index in [0.717, 1.165) is 44.8 Å². The van der Waals surface area contributed by atoms with Crippen LogP contribution in [-0.2, 0) is 11.3 Å². The second-order valence-electron chi connectivity index (χ2n) is 6.57. The largest absolute Gasteiger partial charge is 0.496 e. The van der Waals surface area contributed by atoms with E-state index in [1.54, 1.807) is 18.4 Å². The van der Waals surface area contributed by atoms with E-state index < -0.39 is 0 Å². The Morgan fingerprint density at radius 3 is 3.04 bits per heavy atom. The van der Waals surface area contributed by atoms with Gasteiger partial charge in [0, 0.05) is 18.7 Å². The van der Waals surface area contributed by atoms with Gasteiger partial charge in [0.25, 0.3) is 5.91 Å². The molecule has 7 heteroatoms. The van der Waals surface area contributed by atoms with Gasteiger partial charge in [0.1, 0.15) is 11.4 Å². The molecule has 27 heavy (non-hydrogen) atoms. The second-order valence-corrected chi connectivity index (χ2v) is 9.04. The number of ether oxygens (including phenoxy) is 2. The van der Waals surface area contributed by atoms with Crippen LogP contribution < -0.4 is 10.1 Å². The minimum atomic E-state index is -0.0695. The summed E-state index contributed by atoms with van der Waals surface area (Å²) in [4.78, 5) is 12.9. The summed E-state index contributed by atoms with van der Waals surface area (Å²) in [6.45, 7) is 1.91. The molecule has 3 aromatic rings. The second kappa shape index (κ2) is 8.04. The molecule has 4 rings (SSSR count). The highest BCUT2D eigenvalue weighted by Crippen LogP contribution is 2.33. The Kier molecular flexibility index (Phi) is 5.52. The molecule has 3 heterocycles. The summed E-state index contributed by atoms with van der Waals surface area (Å²) in [6.07, 6.45) is 2.20. The fourth-order valence-electron chi connectivity index (χ4n) is 3.48. The first-order chi connectivity index (χ1) is 13.2. The van der Waals surface area contributed by atoms with Crippen molar-refractivity contribution in [3.05, 3.63) is 51.4 Å². The average molecular weight is 449 g/mol. The zero-order chi connectivity index (χ0) is 18.8. The normalized spacial score (nSPS) is 16.7. The topological polar surface area (TPSA) is 52.5 Å². The maximum absolute atomic E-state index is 12.9. The Morgan fingerprint density at radius 1 is 1.41 bits per heavy atom. The summed E-state index contributed by atoms with van der Waals surface area (Å²) >= 11 is 5.18. The van der Waals surface area contributed by atoms with Crippen molar-refractivity contribution in [2.75, 3.05) is 20.3 Å². The smallest absolute Gasteiger partial charge is 0.268 e. The fraction of sp³-hybridized carbons (Fsp3) is 0.350. The van der Waals surface area contributed by atoms with Gasteiger partial charge < -0.3 is 19.4 Å². The maximum Gasteiger partial charge on any atom is 0.268 e. The number of rotatable bonds is 6. The number of para-hydroxylation sites is 1. The van der Waals surface area contributed by atoms with Crippen molar-refractivity contribution in [3.8, 4) is 5.75 Å². The number of benzene rings is 1. The van der Waals surface area contributed by atoms with Crippen LogP contribution in [0.2, 0.25) is 0 Å². The highest BCUT2D eigenvalue weighted by Gasteiger charge is 2.21. The van der Waals surface area contributed by atoms with E-state index in [-0.39, 0.29) is 12.0 Å². The van der Waals surface area contributed by atoms with Crippen LogP contribution in [0.5, 0.6) is 5.75 Å². The lowest BCUT2D eigenvalue weighted by Crippen LogP contribution is -2.33. The molecule has 0 spiro atoms. The van der Waals surface area contributed by atoms with Gasteiger partial charge in [-0.15, -0.1) is 11.3 Å². The van der Waals surface area contributed by atoms with Crippen molar-refractivity contribution in [2.45, 2.75) is 25.5 Å². The fourth-order valence-corrected chi connectivity index (χ4v) is 5.04. The number of nitrogens with one attached hydrogen (secondary N) is 1. The lowest BCUT2D eigenvalue weighted by atomic mass is 10.2. The zero-order valence-corrected chi connectivity index (χ0v) is 17.4. The molecule has 1 amide bonds. The molecule has 1 fully saturated rings. The van der Waals surface area contributed by atoms with E-state index in [1.807, 2.05) is 30.3 Å². The molecule has 0 saturated carbocycles. The van der Waals surface area contributed by atoms with E-state index in [0.29, 0.717) is 18.8 Å². The van der Waals surface area contributed by atoms with Crippen LogP contribution in [0.25, 0.3) is 10.2 Å². The molecule has 1 unspecified atom stereocenters. The van der Waals surface area contributed by atoms with Crippen molar-refractivity contribution in [2.24, 2.45) is 0 Å². The van der Waals surface area contributed by atoms with Gasteiger partial charge in [-0.05, 0) is 47.0 Å². The van der Waals surface area contributed by atoms with Gasteiger partial charge in [0.05, 0.1) is 33.8 Å². The number of fused-ring (bicyclic) bond motifs is 1. The number of hydrogen-bond acceptors (Lipinski definition) is 4. The number of methoxy groups -OCH3 is 1. The quantitative estimate of drug-likeness (QED) is 0.606. The van der Waals surface area contributed by atoms with E-state index in [9.17, 15) is 4.79 Å². The number of aromatic nitrogens is 1. The summed E-state index contributed by atoms with van der Waals surface area (Å²) in [5.74, 6) is 0.749. The Balaban J connectivity index is 1.64. The summed E-state index contributed by atoms with van der Waals surface area (Å²) in [6, 6.07) is 11.9. The molecule has 2 aromatic heterocycles. The molecule has 142 valence electrons. The average Bonchev–Trinajstić information content (AvgIpc) is 3.38. The molecule has 1 aliphatic heterocycles. The monoisotopic (exact) mass is 448 g/mol. The molecule has 1 aliphatic rings. The van der Waals surface area contributed by atoms with Gasteiger partial charge >= 0.3 is 0 Å². The van der Waals surface area contributed by atoms with Crippen LogP contribution in [0.1, 0.15) is 28.9 Å². The number of nitrogens with zero attached hydrogens (tertiary/aromatic N) is 1. The first-order valence-corrected chi connectivity index (χ1v) is 10.6. The maximum atomic E-state index is 12.9. The van der Waals surface area contributed by atoms with Crippen LogP contribution in [0, 0.1) is 0 Å². The van der Waals surface area contributed by atoms with Crippen LogP contribution >= 0.6 is 27.3 Å². The van der Waals surface area contributed by atoms with E-state index >= 15 is 0 Å². The Labute approximate surface area is 170 Å². The van der Waals surface area contributed by atoms with Gasteiger partial charge in [0.15, 0.2) is 0 Å². The third-order valence-corrected chi connectivity index (χ3v) is 6.40. The Bertz CT molecular complexity index is 959. The Hall–Kier alpha value is -1.83. The highest BCUT2D eigenvalue weighted by atomic mass is 79.9. The van der Waals surface area contributed by atoms with Gasteiger partial charge in [-0.2, -0.15) is 0 Å². The number of hydrogen-bond donors (Lipinski definition) is 1. The zero-order valence-electron chi connectivity index (χ0n) is 15.0. The first-order valence-electron chi connectivity index (χ1n) is 8.96. The van der Waals surface area contributed by atoms with E-state index in [1.165, 1.54) is 0 Å². The molecular weight excluding hydrogens is 428 g/mol. The SMILES string of the molecule is COc1ccccc1Cn1c(C(=O)NCC2CCCO2)cc2sc(Br)cc21. The van der Waals surface area contributed by atoms with Crippen molar-refractivity contribution in [1.82, 2.24) is 9.88 Å². The number of amides is 1. The molecule has 1 N–H and O–H groups in total. The molecule has 0 radical (unpaired) electrons. The summed E-state index contributed by atoms with van der Waals surface area (Å²) < 4.78 is 15.3. The lowest BCUT2D eigenvalue weighted by molar-refractivity contribution is 0.0851. The molecule has 0 aliphatic carbocycles. The third kappa shape index (κ3) is 3.90. The predicted molar refractivity (Wildman–Crippen MR) is 111 cm³/mol. The summed E-state index contributed by atoms with van der Waals surface area (Å²) in [5, 5.41) is 3.04. The standard InChI is InChI=1S/C20H21BrN2O3S/c1-25-17-7-3-2-5-13(17)12-23-15-10-19(21)27-18(15)9-16(23)20(24)22-11-14-6-4-8-26-14/h2-3,5,7,9-10,14H,4,6,8,11-12H2,1H3,(H,22,24). The number of halogens is 1. The van der Waals surface area contributed by atoms with E-state index in [4.69, 9.17) is 9.47 Å². The van der Waals surface area contributed by atoms with E-state index in [2.05, 4.69) is 31.9 Å². The molecule has 1 saturated heterocycles. The third-order valence-electron chi connectivity index (χ3n) is 4.83. The van der Waals surface area contributed by atoms with Crippen LogP contribution in [-0.4, -0.2) is 36.8 Å². The van der Waals surface area contributed by atoms with Crippen molar-refractivity contribution in [1.29, 1.82) is 0 Å². The van der Waals surface area contributed by atoms with Crippen molar-refractivity contribution in [3.63, 3.8) is 0 Å².